The monoisotopic (exact) mass is 225 g/mol. The van der Waals surface area contributed by atoms with Crippen molar-refractivity contribution in [2.75, 3.05) is 6.54 Å². The lowest BCUT2D eigenvalue weighted by molar-refractivity contribution is -0.0239. The summed E-state index contributed by atoms with van der Waals surface area (Å²) in [5.41, 5.74) is 0.128. The second-order valence-electron chi connectivity index (χ2n) is 6.22. The van der Waals surface area contributed by atoms with Crippen LogP contribution in [0.25, 0.3) is 0 Å². The predicted molar refractivity (Wildman–Crippen MR) is 67.6 cm³/mol. The van der Waals surface area contributed by atoms with Crippen molar-refractivity contribution in [2.45, 2.75) is 77.0 Å². The minimum absolute atomic E-state index is 0.128. The fourth-order valence-electron chi connectivity index (χ4n) is 3.21. The fraction of sp³-hybridized carbons (Fsp3) is 1.00. The van der Waals surface area contributed by atoms with E-state index in [1.165, 1.54) is 45.1 Å². The molecule has 0 amide bonds. The molecule has 2 fully saturated rings. The summed E-state index contributed by atoms with van der Waals surface area (Å²) in [7, 11) is 0. The van der Waals surface area contributed by atoms with Gasteiger partial charge in [-0.25, -0.2) is 0 Å². The molecule has 2 rings (SSSR count). The van der Waals surface area contributed by atoms with E-state index in [2.05, 4.69) is 26.1 Å². The van der Waals surface area contributed by atoms with Crippen molar-refractivity contribution in [3.63, 3.8) is 0 Å². The van der Waals surface area contributed by atoms with Crippen molar-refractivity contribution < 1.29 is 4.74 Å². The highest BCUT2D eigenvalue weighted by Crippen LogP contribution is 2.33. The molecule has 1 N–H and O–H groups in total. The maximum atomic E-state index is 6.08. The van der Waals surface area contributed by atoms with E-state index in [0.717, 1.165) is 5.92 Å². The molecule has 2 nitrogen and oxygen atoms in total. The SMILES string of the molecule is CCC1CCNC(CC2CCC(C)(C)O2)C1. The van der Waals surface area contributed by atoms with E-state index < -0.39 is 0 Å². The standard InChI is InChI=1S/C14H27NO/c1-4-11-6-8-15-12(9-11)10-13-5-7-14(2,3)16-13/h11-13,15H,4-10H2,1-3H3. The van der Waals surface area contributed by atoms with E-state index in [9.17, 15) is 0 Å². The summed E-state index contributed by atoms with van der Waals surface area (Å²) < 4.78 is 6.08. The van der Waals surface area contributed by atoms with E-state index >= 15 is 0 Å². The molecule has 0 aromatic heterocycles. The Kier molecular flexibility index (Phi) is 3.91. The molecule has 0 bridgehead atoms. The molecule has 3 unspecified atom stereocenters. The average Bonchev–Trinajstić information content (AvgIpc) is 2.58. The van der Waals surface area contributed by atoms with E-state index in [1.54, 1.807) is 0 Å². The first-order chi connectivity index (χ1) is 7.59. The van der Waals surface area contributed by atoms with Gasteiger partial charge in [0, 0.05) is 6.04 Å². The molecular formula is C14H27NO. The summed E-state index contributed by atoms with van der Waals surface area (Å²) in [5, 5.41) is 3.66. The number of ether oxygens (including phenoxy) is 1. The lowest BCUT2D eigenvalue weighted by Crippen LogP contribution is -2.40. The Balaban J connectivity index is 1.77. The first-order valence-corrected chi connectivity index (χ1v) is 7.00. The molecule has 0 radical (unpaired) electrons. The van der Waals surface area contributed by atoms with Gasteiger partial charge >= 0.3 is 0 Å². The summed E-state index contributed by atoms with van der Waals surface area (Å²) in [6.07, 6.45) is 8.27. The van der Waals surface area contributed by atoms with Crippen molar-refractivity contribution in [3.8, 4) is 0 Å². The lowest BCUT2D eigenvalue weighted by atomic mass is 9.88. The van der Waals surface area contributed by atoms with Crippen LogP contribution in [0.3, 0.4) is 0 Å². The van der Waals surface area contributed by atoms with Crippen LogP contribution in [0.15, 0.2) is 0 Å². The largest absolute Gasteiger partial charge is 0.372 e. The molecule has 2 saturated heterocycles. The Morgan fingerprint density at radius 2 is 2.12 bits per heavy atom. The second kappa shape index (κ2) is 5.05. The van der Waals surface area contributed by atoms with Crippen LogP contribution in [0, 0.1) is 5.92 Å². The molecule has 2 aliphatic rings. The zero-order valence-corrected chi connectivity index (χ0v) is 11.1. The zero-order valence-electron chi connectivity index (χ0n) is 11.1. The smallest absolute Gasteiger partial charge is 0.0631 e. The van der Waals surface area contributed by atoms with Gasteiger partial charge in [-0.05, 0) is 58.4 Å². The van der Waals surface area contributed by atoms with Crippen LogP contribution in [0.2, 0.25) is 0 Å². The molecular weight excluding hydrogens is 198 g/mol. The van der Waals surface area contributed by atoms with Gasteiger partial charge in [-0.3, -0.25) is 0 Å². The van der Waals surface area contributed by atoms with Gasteiger partial charge in [0.05, 0.1) is 11.7 Å². The topological polar surface area (TPSA) is 21.3 Å². The highest BCUT2D eigenvalue weighted by molar-refractivity contribution is 4.86. The van der Waals surface area contributed by atoms with E-state index in [-0.39, 0.29) is 5.60 Å². The minimum atomic E-state index is 0.128. The third-order valence-corrected chi connectivity index (χ3v) is 4.28. The summed E-state index contributed by atoms with van der Waals surface area (Å²) >= 11 is 0. The lowest BCUT2D eigenvalue weighted by Gasteiger charge is -2.31. The summed E-state index contributed by atoms with van der Waals surface area (Å²) in [6, 6.07) is 0.706. The predicted octanol–water partition coefficient (Wildman–Crippen LogP) is 3.11. The molecule has 2 heteroatoms. The van der Waals surface area contributed by atoms with Gasteiger partial charge < -0.3 is 10.1 Å². The number of hydrogen-bond acceptors (Lipinski definition) is 2. The van der Waals surface area contributed by atoms with Crippen LogP contribution in [0.4, 0.5) is 0 Å². The van der Waals surface area contributed by atoms with Crippen molar-refractivity contribution in [2.24, 2.45) is 5.92 Å². The normalized spacial score (nSPS) is 38.8. The van der Waals surface area contributed by atoms with E-state index in [4.69, 9.17) is 4.74 Å². The molecule has 16 heavy (non-hydrogen) atoms. The van der Waals surface area contributed by atoms with Gasteiger partial charge in [-0.1, -0.05) is 13.3 Å². The van der Waals surface area contributed by atoms with E-state index in [0.29, 0.717) is 12.1 Å². The third-order valence-electron chi connectivity index (χ3n) is 4.28. The maximum absolute atomic E-state index is 6.08. The Morgan fingerprint density at radius 1 is 1.31 bits per heavy atom. The maximum Gasteiger partial charge on any atom is 0.0631 e. The number of rotatable bonds is 3. The number of hydrogen-bond donors (Lipinski definition) is 1. The number of piperidine rings is 1. The summed E-state index contributed by atoms with van der Waals surface area (Å²) in [6.45, 7) is 7.97. The molecule has 2 heterocycles. The van der Waals surface area contributed by atoms with Crippen LogP contribution in [-0.2, 0) is 4.74 Å². The van der Waals surface area contributed by atoms with Crippen LogP contribution in [0.5, 0.6) is 0 Å². The van der Waals surface area contributed by atoms with Crippen molar-refractivity contribution in [3.05, 3.63) is 0 Å². The molecule has 0 aliphatic carbocycles. The zero-order chi connectivity index (χ0) is 11.6. The summed E-state index contributed by atoms with van der Waals surface area (Å²) in [4.78, 5) is 0. The molecule has 0 aromatic carbocycles. The average molecular weight is 225 g/mol. The highest BCUT2D eigenvalue weighted by atomic mass is 16.5. The Hall–Kier alpha value is -0.0800. The Morgan fingerprint density at radius 3 is 2.75 bits per heavy atom. The van der Waals surface area contributed by atoms with Gasteiger partial charge in [0.15, 0.2) is 0 Å². The van der Waals surface area contributed by atoms with Gasteiger partial charge in [-0.15, -0.1) is 0 Å². The minimum Gasteiger partial charge on any atom is -0.372 e. The third kappa shape index (κ3) is 3.21. The number of nitrogens with one attached hydrogen (secondary N) is 1. The van der Waals surface area contributed by atoms with Crippen LogP contribution >= 0.6 is 0 Å². The Bertz CT molecular complexity index is 227. The van der Waals surface area contributed by atoms with Crippen molar-refractivity contribution >= 4 is 0 Å². The quantitative estimate of drug-likeness (QED) is 0.797. The molecule has 0 saturated carbocycles. The molecule has 94 valence electrons. The van der Waals surface area contributed by atoms with Crippen molar-refractivity contribution in [1.82, 2.24) is 5.32 Å². The van der Waals surface area contributed by atoms with Gasteiger partial charge in [-0.2, -0.15) is 0 Å². The van der Waals surface area contributed by atoms with Crippen molar-refractivity contribution in [1.29, 1.82) is 0 Å². The first-order valence-electron chi connectivity index (χ1n) is 7.00. The molecule has 3 atom stereocenters. The van der Waals surface area contributed by atoms with Gasteiger partial charge in [0.25, 0.3) is 0 Å². The second-order valence-corrected chi connectivity index (χ2v) is 6.22. The summed E-state index contributed by atoms with van der Waals surface area (Å²) in [5.74, 6) is 0.945. The van der Waals surface area contributed by atoms with Crippen LogP contribution in [-0.4, -0.2) is 24.3 Å². The first kappa shape index (κ1) is 12.4. The van der Waals surface area contributed by atoms with Crippen LogP contribution < -0.4 is 5.32 Å². The molecule has 2 aliphatic heterocycles. The molecule has 0 aromatic rings. The Labute approximate surface area is 100 Å². The highest BCUT2D eigenvalue weighted by Gasteiger charge is 2.33. The van der Waals surface area contributed by atoms with Crippen LogP contribution in [0.1, 0.15) is 59.3 Å². The van der Waals surface area contributed by atoms with Gasteiger partial charge in [0.2, 0.25) is 0 Å². The van der Waals surface area contributed by atoms with E-state index in [1.807, 2.05) is 0 Å². The van der Waals surface area contributed by atoms with Gasteiger partial charge in [0.1, 0.15) is 0 Å². The molecule has 0 spiro atoms. The fourth-order valence-corrected chi connectivity index (χ4v) is 3.21.